The molecule has 1 heterocycles. The smallest absolute Gasteiger partial charge is 0.127 e. The fourth-order valence-electron chi connectivity index (χ4n) is 2.37. The Labute approximate surface area is 116 Å². The van der Waals surface area contributed by atoms with E-state index in [-0.39, 0.29) is 5.82 Å². The van der Waals surface area contributed by atoms with E-state index in [2.05, 4.69) is 11.4 Å². The van der Waals surface area contributed by atoms with Gasteiger partial charge in [-0.05, 0) is 35.4 Å². The average Bonchev–Trinajstić information content (AvgIpc) is 2.90. The molecule has 0 atom stereocenters. The fourth-order valence-corrected chi connectivity index (χ4v) is 2.37. The SMILES string of the molecule is Fc1ccc(F)c(CNCc2ccc3c(c2)CCO3)c1. The minimum atomic E-state index is -0.419. The number of fused-ring (bicyclic) bond motifs is 1. The van der Waals surface area contributed by atoms with E-state index in [9.17, 15) is 8.78 Å². The van der Waals surface area contributed by atoms with Crippen molar-refractivity contribution in [3.63, 3.8) is 0 Å². The molecule has 0 amide bonds. The summed E-state index contributed by atoms with van der Waals surface area (Å²) in [6, 6.07) is 9.54. The minimum absolute atomic E-state index is 0.303. The zero-order valence-corrected chi connectivity index (χ0v) is 11.0. The molecule has 1 aliphatic heterocycles. The largest absolute Gasteiger partial charge is 0.493 e. The normalized spacial score (nSPS) is 13.1. The Morgan fingerprint density at radius 3 is 2.85 bits per heavy atom. The zero-order chi connectivity index (χ0) is 13.9. The highest BCUT2D eigenvalue weighted by Gasteiger charge is 2.11. The van der Waals surface area contributed by atoms with Gasteiger partial charge in [-0.2, -0.15) is 0 Å². The number of hydrogen-bond donors (Lipinski definition) is 1. The molecule has 1 N–H and O–H groups in total. The van der Waals surface area contributed by atoms with Gasteiger partial charge >= 0.3 is 0 Å². The molecular weight excluding hydrogens is 260 g/mol. The summed E-state index contributed by atoms with van der Waals surface area (Å²) in [6.07, 6.45) is 0.932. The first-order valence-electron chi connectivity index (χ1n) is 6.61. The van der Waals surface area contributed by atoms with Crippen molar-refractivity contribution in [1.29, 1.82) is 0 Å². The van der Waals surface area contributed by atoms with Crippen LogP contribution in [-0.2, 0) is 19.5 Å². The van der Waals surface area contributed by atoms with Gasteiger partial charge in [0.05, 0.1) is 6.61 Å². The Morgan fingerprint density at radius 2 is 1.95 bits per heavy atom. The molecule has 0 aromatic heterocycles. The molecule has 0 spiro atoms. The Balaban J connectivity index is 1.61. The van der Waals surface area contributed by atoms with Crippen LogP contribution < -0.4 is 10.1 Å². The zero-order valence-electron chi connectivity index (χ0n) is 11.0. The number of hydrogen-bond acceptors (Lipinski definition) is 2. The van der Waals surface area contributed by atoms with Gasteiger partial charge in [-0.25, -0.2) is 8.78 Å². The quantitative estimate of drug-likeness (QED) is 0.925. The lowest BCUT2D eigenvalue weighted by molar-refractivity contribution is 0.357. The number of halogens is 2. The molecule has 0 fully saturated rings. The van der Waals surface area contributed by atoms with E-state index >= 15 is 0 Å². The molecule has 2 nitrogen and oxygen atoms in total. The van der Waals surface area contributed by atoms with Crippen LogP contribution in [0.3, 0.4) is 0 Å². The molecular formula is C16H15F2NO. The van der Waals surface area contributed by atoms with Crippen molar-refractivity contribution in [3.05, 3.63) is 64.7 Å². The number of benzene rings is 2. The molecule has 3 rings (SSSR count). The van der Waals surface area contributed by atoms with E-state index in [0.29, 0.717) is 18.7 Å². The molecule has 0 aliphatic carbocycles. The van der Waals surface area contributed by atoms with Crippen molar-refractivity contribution in [3.8, 4) is 5.75 Å². The van der Waals surface area contributed by atoms with Crippen molar-refractivity contribution in [2.24, 2.45) is 0 Å². The van der Waals surface area contributed by atoms with E-state index < -0.39 is 5.82 Å². The Bertz CT molecular complexity index is 628. The number of ether oxygens (including phenoxy) is 1. The maximum atomic E-state index is 13.5. The highest BCUT2D eigenvalue weighted by molar-refractivity contribution is 5.39. The number of rotatable bonds is 4. The summed E-state index contributed by atoms with van der Waals surface area (Å²) in [5, 5.41) is 3.13. The monoisotopic (exact) mass is 275 g/mol. The maximum Gasteiger partial charge on any atom is 0.127 e. The first-order chi connectivity index (χ1) is 9.72. The fraction of sp³-hybridized carbons (Fsp3) is 0.250. The molecule has 2 aromatic carbocycles. The Morgan fingerprint density at radius 1 is 1.05 bits per heavy atom. The predicted octanol–water partition coefficient (Wildman–Crippen LogP) is 3.19. The van der Waals surface area contributed by atoms with E-state index in [0.717, 1.165) is 36.5 Å². The molecule has 1 aliphatic rings. The van der Waals surface area contributed by atoms with Crippen molar-refractivity contribution < 1.29 is 13.5 Å². The summed E-state index contributed by atoms with van der Waals surface area (Å²) in [5.41, 5.74) is 2.67. The van der Waals surface area contributed by atoms with Crippen LogP contribution in [0.25, 0.3) is 0 Å². The third kappa shape index (κ3) is 2.80. The second-order valence-electron chi connectivity index (χ2n) is 4.88. The van der Waals surface area contributed by atoms with Crippen LogP contribution in [0.5, 0.6) is 5.75 Å². The Kier molecular flexibility index (Phi) is 3.65. The Hall–Kier alpha value is -1.94. The van der Waals surface area contributed by atoms with E-state index in [1.807, 2.05) is 12.1 Å². The van der Waals surface area contributed by atoms with Crippen molar-refractivity contribution >= 4 is 0 Å². The molecule has 104 valence electrons. The third-order valence-electron chi connectivity index (χ3n) is 3.41. The summed E-state index contributed by atoms with van der Waals surface area (Å²) in [5.74, 6) is 0.143. The van der Waals surface area contributed by atoms with Gasteiger partial charge in [-0.3, -0.25) is 0 Å². The van der Waals surface area contributed by atoms with Crippen LogP contribution in [0.1, 0.15) is 16.7 Å². The van der Waals surface area contributed by atoms with Gasteiger partial charge in [0, 0.05) is 25.1 Å². The summed E-state index contributed by atoms with van der Waals surface area (Å²) < 4.78 is 31.9. The number of nitrogens with one attached hydrogen (secondary N) is 1. The van der Waals surface area contributed by atoms with Gasteiger partial charge < -0.3 is 10.1 Å². The highest BCUT2D eigenvalue weighted by Crippen LogP contribution is 2.25. The lowest BCUT2D eigenvalue weighted by Crippen LogP contribution is -2.14. The maximum absolute atomic E-state index is 13.5. The van der Waals surface area contributed by atoms with E-state index in [1.165, 1.54) is 11.6 Å². The van der Waals surface area contributed by atoms with E-state index in [1.54, 1.807) is 0 Å². The third-order valence-corrected chi connectivity index (χ3v) is 3.41. The predicted molar refractivity (Wildman–Crippen MR) is 72.5 cm³/mol. The molecule has 0 saturated heterocycles. The molecule has 0 radical (unpaired) electrons. The highest BCUT2D eigenvalue weighted by atomic mass is 19.1. The first kappa shape index (κ1) is 13.1. The lowest BCUT2D eigenvalue weighted by atomic mass is 10.1. The van der Waals surface area contributed by atoms with Crippen LogP contribution in [0, 0.1) is 11.6 Å². The van der Waals surface area contributed by atoms with E-state index in [4.69, 9.17) is 4.74 Å². The van der Waals surface area contributed by atoms with Crippen molar-refractivity contribution in [1.82, 2.24) is 5.32 Å². The molecule has 0 saturated carbocycles. The first-order valence-corrected chi connectivity index (χ1v) is 6.61. The summed E-state index contributed by atoms with van der Waals surface area (Å²) in [4.78, 5) is 0. The van der Waals surface area contributed by atoms with Crippen LogP contribution in [0.15, 0.2) is 36.4 Å². The van der Waals surface area contributed by atoms with Crippen molar-refractivity contribution in [2.45, 2.75) is 19.5 Å². The standard InChI is InChI=1S/C16H15F2NO/c17-14-2-3-15(18)13(8-14)10-19-9-11-1-4-16-12(7-11)5-6-20-16/h1-4,7-8,19H,5-6,9-10H2. The summed E-state index contributed by atoms with van der Waals surface area (Å²) in [7, 11) is 0. The molecule has 0 bridgehead atoms. The second-order valence-corrected chi connectivity index (χ2v) is 4.88. The molecule has 0 unspecified atom stereocenters. The van der Waals surface area contributed by atoms with Gasteiger partial charge in [-0.1, -0.05) is 12.1 Å². The van der Waals surface area contributed by atoms with Gasteiger partial charge in [0.1, 0.15) is 17.4 Å². The molecule has 2 aromatic rings. The van der Waals surface area contributed by atoms with Gasteiger partial charge in [0.25, 0.3) is 0 Å². The topological polar surface area (TPSA) is 21.3 Å². The van der Waals surface area contributed by atoms with Gasteiger partial charge in [0.2, 0.25) is 0 Å². The summed E-state index contributed by atoms with van der Waals surface area (Å²) >= 11 is 0. The summed E-state index contributed by atoms with van der Waals surface area (Å²) in [6.45, 7) is 1.65. The second kappa shape index (κ2) is 5.59. The van der Waals surface area contributed by atoms with Crippen LogP contribution in [0.2, 0.25) is 0 Å². The van der Waals surface area contributed by atoms with Gasteiger partial charge in [0.15, 0.2) is 0 Å². The van der Waals surface area contributed by atoms with Gasteiger partial charge in [-0.15, -0.1) is 0 Å². The van der Waals surface area contributed by atoms with Crippen LogP contribution >= 0.6 is 0 Å². The lowest BCUT2D eigenvalue weighted by Gasteiger charge is -2.07. The van der Waals surface area contributed by atoms with Crippen LogP contribution in [0.4, 0.5) is 8.78 Å². The van der Waals surface area contributed by atoms with Crippen molar-refractivity contribution in [2.75, 3.05) is 6.61 Å². The average molecular weight is 275 g/mol. The van der Waals surface area contributed by atoms with Crippen LogP contribution in [-0.4, -0.2) is 6.61 Å². The molecule has 20 heavy (non-hydrogen) atoms. The minimum Gasteiger partial charge on any atom is -0.493 e. The molecule has 4 heteroatoms.